The second kappa shape index (κ2) is 11.3. The number of nitrogens with zero attached hydrogens (tertiary/aromatic N) is 4. The number of unbranched alkanes of at least 4 members (excludes halogenated alkanes) is 1. The molecule has 37 heavy (non-hydrogen) atoms. The van der Waals surface area contributed by atoms with E-state index in [4.69, 9.17) is 21.3 Å². The van der Waals surface area contributed by atoms with Crippen LogP contribution in [0.1, 0.15) is 47.3 Å². The molecule has 1 aliphatic rings. The molecular weight excluding hydrogens is 487 g/mol. The Hall–Kier alpha value is -3.38. The lowest BCUT2D eigenvalue weighted by atomic mass is 9.98. The third-order valence-corrected chi connectivity index (χ3v) is 6.53. The summed E-state index contributed by atoms with van der Waals surface area (Å²) in [7, 11) is 0. The van der Waals surface area contributed by atoms with Crippen molar-refractivity contribution in [1.29, 1.82) is 0 Å². The molecule has 1 amide bonds. The molecule has 3 aromatic rings. The Balaban J connectivity index is 1.73. The van der Waals surface area contributed by atoms with Gasteiger partial charge in [-0.2, -0.15) is 13.2 Å². The largest absolute Gasteiger partial charge is 0.416 e. The van der Waals surface area contributed by atoms with Crippen molar-refractivity contribution in [3.63, 3.8) is 0 Å². The van der Waals surface area contributed by atoms with Crippen LogP contribution in [0, 0.1) is 6.92 Å². The van der Waals surface area contributed by atoms with Gasteiger partial charge in [0.2, 0.25) is 5.91 Å². The van der Waals surface area contributed by atoms with E-state index in [9.17, 15) is 18.0 Å². The number of carbonyl (C=O) groups excluding carboxylic acids is 1. The van der Waals surface area contributed by atoms with Gasteiger partial charge in [-0.25, -0.2) is 9.50 Å². The van der Waals surface area contributed by atoms with E-state index in [-0.39, 0.29) is 24.4 Å². The molecule has 3 heterocycles. The number of hydrogen-bond acceptors (Lipinski definition) is 7. The average molecular weight is 520 g/mol. The molecule has 5 N–H and O–H groups in total. The lowest BCUT2D eigenvalue weighted by Gasteiger charge is -2.27. The van der Waals surface area contributed by atoms with Gasteiger partial charge in [-0.05, 0) is 43.5 Å². The number of nitrogen functional groups attached to an aromatic ring is 1. The first kappa shape index (κ1) is 26.7. The smallest absolute Gasteiger partial charge is 0.396 e. The number of hydrogen-bond donors (Lipinski definition) is 3. The van der Waals surface area contributed by atoms with Crippen molar-refractivity contribution in [1.82, 2.24) is 19.9 Å². The predicted molar refractivity (Wildman–Crippen MR) is 134 cm³/mol. The Morgan fingerprint density at radius 2 is 1.97 bits per heavy atom. The van der Waals surface area contributed by atoms with Gasteiger partial charge in [-0.15, -0.1) is 5.10 Å². The Labute approximate surface area is 213 Å². The number of benzene rings is 1. The van der Waals surface area contributed by atoms with Crippen molar-refractivity contribution in [3.05, 3.63) is 52.3 Å². The van der Waals surface area contributed by atoms with Crippen LogP contribution in [0.5, 0.6) is 0 Å². The Morgan fingerprint density at radius 1 is 1.22 bits per heavy atom. The lowest BCUT2D eigenvalue weighted by Crippen LogP contribution is -2.37. The standard InChI is InChI=1S/C25H32F3N7O2/c1-16-17(5-4-6-18(16)25(26,27)28)13-21-20(15-31-23(36)7-2-3-8-29)32-24-19(30)14-22(33-35(21)24)34-9-11-37-12-10-34/h4-6,14H,2-3,7-13,15,29-30H2,1H3,(H,31,36). The molecule has 0 saturated carbocycles. The molecule has 0 spiro atoms. The fraction of sp³-hybridized carbons (Fsp3) is 0.480. The number of anilines is 2. The molecule has 1 saturated heterocycles. The summed E-state index contributed by atoms with van der Waals surface area (Å²) in [5.41, 5.74) is 13.7. The Bertz CT molecular complexity index is 1250. The topological polar surface area (TPSA) is 124 Å². The zero-order valence-electron chi connectivity index (χ0n) is 20.8. The first-order valence-corrected chi connectivity index (χ1v) is 12.3. The molecule has 1 aliphatic heterocycles. The predicted octanol–water partition coefficient (Wildman–Crippen LogP) is 2.81. The van der Waals surface area contributed by atoms with Gasteiger partial charge < -0.3 is 26.4 Å². The fourth-order valence-corrected chi connectivity index (χ4v) is 4.45. The van der Waals surface area contributed by atoms with Crippen LogP contribution < -0.4 is 21.7 Å². The maximum atomic E-state index is 13.6. The number of nitrogens with one attached hydrogen (secondary N) is 1. The molecule has 0 bridgehead atoms. The lowest BCUT2D eigenvalue weighted by molar-refractivity contribution is -0.138. The van der Waals surface area contributed by atoms with Crippen LogP contribution in [0.25, 0.3) is 5.65 Å². The normalized spacial score (nSPS) is 14.4. The van der Waals surface area contributed by atoms with E-state index in [1.54, 1.807) is 16.6 Å². The van der Waals surface area contributed by atoms with Crippen molar-refractivity contribution in [2.75, 3.05) is 43.5 Å². The minimum atomic E-state index is -4.47. The summed E-state index contributed by atoms with van der Waals surface area (Å²) in [6.07, 6.45) is -2.59. The van der Waals surface area contributed by atoms with Crippen LogP contribution >= 0.6 is 0 Å². The van der Waals surface area contributed by atoms with Crippen LogP contribution in [-0.2, 0) is 28.7 Å². The minimum absolute atomic E-state index is 0.102. The van der Waals surface area contributed by atoms with Crippen LogP contribution in [0.4, 0.5) is 24.7 Å². The van der Waals surface area contributed by atoms with E-state index in [1.165, 1.54) is 13.0 Å². The molecular formula is C25H32F3N7O2. The van der Waals surface area contributed by atoms with Gasteiger partial charge in [-0.3, -0.25) is 4.79 Å². The van der Waals surface area contributed by atoms with Crippen molar-refractivity contribution in [2.24, 2.45) is 5.73 Å². The summed E-state index contributed by atoms with van der Waals surface area (Å²) < 4.78 is 47.7. The van der Waals surface area contributed by atoms with Crippen LogP contribution in [-0.4, -0.2) is 53.4 Å². The van der Waals surface area contributed by atoms with E-state index in [2.05, 4.69) is 10.3 Å². The summed E-state index contributed by atoms with van der Waals surface area (Å²) in [6, 6.07) is 5.87. The minimum Gasteiger partial charge on any atom is -0.396 e. The summed E-state index contributed by atoms with van der Waals surface area (Å²) in [4.78, 5) is 19.0. The summed E-state index contributed by atoms with van der Waals surface area (Å²) in [5, 5.41) is 7.62. The van der Waals surface area contributed by atoms with Crippen molar-refractivity contribution >= 4 is 23.1 Å². The van der Waals surface area contributed by atoms with Gasteiger partial charge in [0.25, 0.3) is 0 Å². The first-order chi connectivity index (χ1) is 17.7. The molecule has 0 atom stereocenters. The number of alkyl halides is 3. The molecule has 1 fully saturated rings. The van der Waals surface area contributed by atoms with Gasteiger partial charge >= 0.3 is 6.18 Å². The highest BCUT2D eigenvalue weighted by Gasteiger charge is 2.33. The number of ether oxygens (including phenoxy) is 1. The van der Waals surface area contributed by atoms with Crippen LogP contribution in [0.3, 0.4) is 0 Å². The Kier molecular flexibility index (Phi) is 8.18. The zero-order chi connectivity index (χ0) is 26.6. The summed E-state index contributed by atoms with van der Waals surface area (Å²) in [5.74, 6) is 0.478. The number of fused-ring (bicyclic) bond motifs is 1. The van der Waals surface area contributed by atoms with Gasteiger partial charge in [0, 0.05) is 32.0 Å². The highest BCUT2D eigenvalue weighted by atomic mass is 19.4. The zero-order valence-corrected chi connectivity index (χ0v) is 20.8. The molecule has 200 valence electrons. The quantitative estimate of drug-likeness (QED) is 0.372. The van der Waals surface area contributed by atoms with E-state index in [0.717, 1.165) is 12.5 Å². The van der Waals surface area contributed by atoms with Crippen LogP contribution in [0.15, 0.2) is 24.3 Å². The average Bonchev–Trinajstić information content (AvgIpc) is 3.21. The molecule has 0 aliphatic carbocycles. The summed E-state index contributed by atoms with van der Waals surface area (Å²) >= 11 is 0. The number of aromatic nitrogens is 3. The second-order valence-electron chi connectivity index (χ2n) is 9.08. The SMILES string of the molecule is Cc1c(Cc2c(CNC(=O)CCCCN)nc3c(N)cc(N4CCOCC4)nn23)cccc1C(F)(F)F. The van der Waals surface area contributed by atoms with Gasteiger partial charge in [0.1, 0.15) is 0 Å². The molecule has 4 rings (SSSR count). The monoisotopic (exact) mass is 519 g/mol. The van der Waals surface area contributed by atoms with E-state index < -0.39 is 11.7 Å². The molecule has 2 aromatic heterocycles. The Morgan fingerprint density at radius 3 is 2.68 bits per heavy atom. The summed E-state index contributed by atoms with van der Waals surface area (Å²) in [6.45, 7) is 4.46. The van der Waals surface area contributed by atoms with Crippen molar-refractivity contribution < 1.29 is 22.7 Å². The molecule has 12 heteroatoms. The van der Waals surface area contributed by atoms with Crippen LogP contribution in [0.2, 0.25) is 0 Å². The molecule has 0 radical (unpaired) electrons. The molecule has 9 nitrogen and oxygen atoms in total. The van der Waals surface area contributed by atoms with Crippen molar-refractivity contribution in [3.8, 4) is 0 Å². The first-order valence-electron chi connectivity index (χ1n) is 12.3. The van der Waals surface area contributed by atoms with E-state index in [1.807, 2.05) is 4.90 Å². The van der Waals surface area contributed by atoms with Gasteiger partial charge in [0.15, 0.2) is 11.5 Å². The number of rotatable bonds is 9. The maximum Gasteiger partial charge on any atom is 0.416 e. The maximum absolute atomic E-state index is 13.6. The highest BCUT2D eigenvalue weighted by Crippen LogP contribution is 2.34. The third kappa shape index (κ3) is 6.13. The molecule has 0 unspecified atom stereocenters. The van der Waals surface area contributed by atoms with Gasteiger partial charge in [0.05, 0.1) is 42.4 Å². The second-order valence-corrected chi connectivity index (χ2v) is 9.08. The number of imidazole rings is 1. The fourth-order valence-electron chi connectivity index (χ4n) is 4.45. The highest BCUT2D eigenvalue weighted by molar-refractivity contribution is 5.76. The van der Waals surface area contributed by atoms with Gasteiger partial charge in [-0.1, -0.05) is 12.1 Å². The number of halogens is 3. The number of morpholine rings is 1. The van der Waals surface area contributed by atoms with Crippen molar-refractivity contribution in [2.45, 2.75) is 45.3 Å². The number of carbonyl (C=O) groups is 1. The number of nitrogens with two attached hydrogens (primary N) is 2. The molecule has 1 aromatic carbocycles. The third-order valence-electron chi connectivity index (χ3n) is 6.53. The number of amides is 1. The van der Waals surface area contributed by atoms with E-state index >= 15 is 0 Å². The van der Waals surface area contributed by atoms with E-state index in [0.29, 0.717) is 79.8 Å².